The van der Waals surface area contributed by atoms with E-state index in [-0.39, 0.29) is 18.9 Å². The van der Waals surface area contributed by atoms with Gasteiger partial charge in [-0.25, -0.2) is 8.42 Å². The van der Waals surface area contributed by atoms with E-state index in [4.69, 9.17) is 9.47 Å². The van der Waals surface area contributed by atoms with Crippen molar-refractivity contribution in [2.75, 3.05) is 56.5 Å². The van der Waals surface area contributed by atoms with Gasteiger partial charge >= 0.3 is 0 Å². The highest BCUT2D eigenvalue weighted by Gasteiger charge is 2.21. The summed E-state index contributed by atoms with van der Waals surface area (Å²) in [7, 11) is -3.48. The molecule has 1 saturated heterocycles. The van der Waals surface area contributed by atoms with E-state index in [9.17, 15) is 13.2 Å². The summed E-state index contributed by atoms with van der Waals surface area (Å²) < 4.78 is 37.0. The van der Waals surface area contributed by atoms with Gasteiger partial charge in [-0.05, 0) is 63.4 Å². The van der Waals surface area contributed by atoms with Gasteiger partial charge in [0, 0.05) is 25.6 Å². The van der Waals surface area contributed by atoms with E-state index >= 15 is 0 Å². The fourth-order valence-electron chi connectivity index (χ4n) is 3.96. The molecule has 0 saturated carbocycles. The van der Waals surface area contributed by atoms with Crippen molar-refractivity contribution < 1.29 is 22.7 Å². The van der Waals surface area contributed by atoms with Gasteiger partial charge in [0.1, 0.15) is 13.2 Å². The van der Waals surface area contributed by atoms with Gasteiger partial charge in [0.25, 0.3) is 0 Å². The maximum absolute atomic E-state index is 12.3. The number of fused-ring (bicyclic) bond motifs is 1. The summed E-state index contributed by atoms with van der Waals surface area (Å²) in [5.41, 5.74) is 0.517. The van der Waals surface area contributed by atoms with Crippen LogP contribution in [0.3, 0.4) is 0 Å². The Balaban J connectivity index is 1.41. The Bertz CT molecular complexity index is 838. The van der Waals surface area contributed by atoms with Crippen molar-refractivity contribution in [3.8, 4) is 11.5 Å². The molecule has 1 N–H and O–H groups in total. The van der Waals surface area contributed by atoms with Crippen molar-refractivity contribution in [2.24, 2.45) is 5.92 Å². The molecule has 0 radical (unpaired) electrons. The van der Waals surface area contributed by atoms with Crippen LogP contribution in [0.1, 0.15) is 39.0 Å². The molecule has 1 fully saturated rings. The molecule has 0 spiro atoms. The van der Waals surface area contributed by atoms with Gasteiger partial charge in [-0.1, -0.05) is 6.92 Å². The van der Waals surface area contributed by atoms with Gasteiger partial charge in [-0.2, -0.15) is 0 Å². The van der Waals surface area contributed by atoms with Crippen molar-refractivity contribution >= 4 is 21.6 Å². The molecule has 9 heteroatoms. The number of carbonyl (C=O) groups is 1. The molecule has 174 valence electrons. The zero-order valence-electron chi connectivity index (χ0n) is 18.6. The van der Waals surface area contributed by atoms with Crippen LogP contribution in [0.4, 0.5) is 5.69 Å². The number of rotatable bonds is 10. The van der Waals surface area contributed by atoms with Crippen LogP contribution < -0.4 is 19.1 Å². The number of benzene rings is 1. The molecule has 31 heavy (non-hydrogen) atoms. The number of nitrogens with one attached hydrogen (secondary N) is 1. The third-order valence-electron chi connectivity index (χ3n) is 5.83. The Morgan fingerprint density at radius 2 is 1.87 bits per heavy atom. The zero-order chi connectivity index (χ0) is 22.3. The summed E-state index contributed by atoms with van der Waals surface area (Å²) in [6.07, 6.45) is 5.35. The molecule has 1 aromatic carbocycles. The first kappa shape index (κ1) is 23.7. The number of ether oxygens (including phenoxy) is 2. The predicted molar refractivity (Wildman–Crippen MR) is 121 cm³/mol. The largest absolute Gasteiger partial charge is 0.486 e. The molecule has 1 amide bonds. The predicted octanol–water partition coefficient (Wildman–Crippen LogP) is 2.24. The number of amides is 1. The molecule has 0 aromatic heterocycles. The highest BCUT2D eigenvalue weighted by Crippen LogP contribution is 2.34. The van der Waals surface area contributed by atoms with Crippen molar-refractivity contribution in [3.05, 3.63) is 18.2 Å². The minimum absolute atomic E-state index is 0.0390. The van der Waals surface area contributed by atoms with Gasteiger partial charge < -0.3 is 19.7 Å². The first-order valence-electron chi connectivity index (χ1n) is 11.2. The standard InChI is InChI=1S/C22H35N3O5S/c1-18-8-13-24(14-9-18)11-4-10-23-22(26)5-3-12-25(31(2,27)28)19-6-7-20-21(17-19)30-16-15-29-20/h6-7,17-18H,3-5,8-16H2,1-2H3,(H,23,26). The molecule has 2 aliphatic heterocycles. The van der Waals surface area contributed by atoms with E-state index in [0.717, 1.165) is 32.0 Å². The Kier molecular flexibility index (Phi) is 8.43. The fourth-order valence-corrected chi connectivity index (χ4v) is 4.92. The average Bonchev–Trinajstić information content (AvgIpc) is 2.74. The lowest BCUT2D eigenvalue weighted by atomic mass is 9.99. The molecule has 0 aliphatic carbocycles. The van der Waals surface area contributed by atoms with Crippen LogP contribution in [0.2, 0.25) is 0 Å². The molecule has 2 aliphatic rings. The summed E-state index contributed by atoms with van der Waals surface area (Å²) in [6, 6.07) is 5.10. The van der Waals surface area contributed by atoms with Gasteiger partial charge in [0.05, 0.1) is 11.9 Å². The smallest absolute Gasteiger partial charge is 0.232 e. The monoisotopic (exact) mass is 453 g/mol. The topological polar surface area (TPSA) is 88.2 Å². The van der Waals surface area contributed by atoms with Crippen LogP contribution in [0, 0.1) is 5.92 Å². The van der Waals surface area contributed by atoms with Crippen molar-refractivity contribution in [1.82, 2.24) is 10.2 Å². The number of hydrogen-bond acceptors (Lipinski definition) is 6. The molecule has 2 heterocycles. The number of piperidine rings is 1. The molecule has 0 atom stereocenters. The first-order valence-corrected chi connectivity index (χ1v) is 13.0. The summed E-state index contributed by atoms with van der Waals surface area (Å²) in [4.78, 5) is 14.6. The summed E-state index contributed by atoms with van der Waals surface area (Å²) in [5, 5.41) is 2.95. The van der Waals surface area contributed by atoms with Crippen LogP contribution in [-0.2, 0) is 14.8 Å². The SMILES string of the molecule is CC1CCN(CCCNC(=O)CCCN(c2ccc3c(c2)OCCO3)S(C)(=O)=O)CC1. The molecule has 0 unspecified atom stereocenters. The second-order valence-electron chi connectivity index (χ2n) is 8.49. The van der Waals surface area contributed by atoms with E-state index in [1.54, 1.807) is 18.2 Å². The second kappa shape index (κ2) is 11.0. The van der Waals surface area contributed by atoms with Gasteiger partial charge in [0.2, 0.25) is 15.9 Å². The Labute approximate surface area is 185 Å². The minimum Gasteiger partial charge on any atom is -0.486 e. The fraction of sp³-hybridized carbons (Fsp3) is 0.682. The number of anilines is 1. The third kappa shape index (κ3) is 7.28. The maximum atomic E-state index is 12.3. The minimum atomic E-state index is -3.48. The molecule has 0 bridgehead atoms. The maximum Gasteiger partial charge on any atom is 0.232 e. The van der Waals surface area contributed by atoms with E-state index in [1.807, 2.05) is 0 Å². The van der Waals surface area contributed by atoms with E-state index in [0.29, 0.717) is 43.4 Å². The van der Waals surface area contributed by atoms with Crippen LogP contribution >= 0.6 is 0 Å². The Morgan fingerprint density at radius 1 is 1.16 bits per heavy atom. The van der Waals surface area contributed by atoms with E-state index in [1.165, 1.54) is 23.4 Å². The molecular formula is C22H35N3O5S. The highest BCUT2D eigenvalue weighted by molar-refractivity contribution is 7.92. The van der Waals surface area contributed by atoms with Crippen LogP contribution in [0.15, 0.2) is 18.2 Å². The van der Waals surface area contributed by atoms with Crippen LogP contribution in [0.5, 0.6) is 11.5 Å². The number of nitrogens with zero attached hydrogens (tertiary/aromatic N) is 2. The van der Waals surface area contributed by atoms with Crippen LogP contribution in [0.25, 0.3) is 0 Å². The average molecular weight is 454 g/mol. The third-order valence-corrected chi connectivity index (χ3v) is 7.02. The van der Waals surface area contributed by atoms with E-state index < -0.39 is 10.0 Å². The summed E-state index contributed by atoms with van der Waals surface area (Å²) in [5.74, 6) is 1.94. The van der Waals surface area contributed by atoms with Gasteiger partial charge in [-0.15, -0.1) is 0 Å². The normalized spacial score (nSPS) is 17.4. The highest BCUT2D eigenvalue weighted by atomic mass is 32.2. The molecule has 1 aromatic rings. The van der Waals surface area contributed by atoms with Crippen molar-refractivity contribution in [1.29, 1.82) is 0 Å². The zero-order valence-corrected chi connectivity index (χ0v) is 19.5. The number of likely N-dealkylation sites (tertiary alicyclic amines) is 1. The summed E-state index contributed by atoms with van der Waals surface area (Å²) >= 11 is 0. The molecule has 8 nitrogen and oxygen atoms in total. The number of hydrogen-bond donors (Lipinski definition) is 1. The van der Waals surface area contributed by atoms with Crippen LogP contribution in [-0.4, -0.2) is 71.4 Å². The Hall–Kier alpha value is -2.00. The quantitative estimate of drug-likeness (QED) is 0.547. The lowest BCUT2D eigenvalue weighted by molar-refractivity contribution is -0.121. The lowest BCUT2D eigenvalue weighted by Crippen LogP contribution is -2.35. The van der Waals surface area contributed by atoms with Crippen molar-refractivity contribution in [2.45, 2.75) is 39.0 Å². The van der Waals surface area contributed by atoms with Gasteiger partial charge in [0.15, 0.2) is 11.5 Å². The van der Waals surface area contributed by atoms with Crippen molar-refractivity contribution in [3.63, 3.8) is 0 Å². The lowest BCUT2D eigenvalue weighted by Gasteiger charge is -2.30. The molecular weight excluding hydrogens is 418 g/mol. The van der Waals surface area contributed by atoms with E-state index in [2.05, 4.69) is 17.1 Å². The van der Waals surface area contributed by atoms with Gasteiger partial charge in [-0.3, -0.25) is 9.10 Å². The summed E-state index contributed by atoms with van der Waals surface area (Å²) in [6.45, 7) is 7.42. The molecule has 3 rings (SSSR count). The second-order valence-corrected chi connectivity index (χ2v) is 10.4. The Morgan fingerprint density at radius 3 is 2.58 bits per heavy atom. The first-order chi connectivity index (χ1) is 14.8. The number of carbonyl (C=O) groups excluding carboxylic acids is 1. The number of sulfonamides is 1.